The highest BCUT2D eigenvalue weighted by atomic mass is 16.5. The highest BCUT2D eigenvalue weighted by Crippen LogP contribution is 2.28. The molecule has 1 N–H and O–H groups in total. The van der Waals surface area contributed by atoms with Crippen LogP contribution in [-0.4, -0.2) is 35.7 Å². The quantitative estimate of drug-likeness (QED) is 0.213. The van der Waals surface area contributed by atoms with Crippen LogP contribution in [0.3, 0.4) is 0 Å². The zero-order chi connectivity index (χ0) is 25.3. The summed E-state index contributed by atoms with van der Waals surface area (Å²) >= 11 is 0. The normalized spacial score (nSPS) is 10.8. The second-order valence-electron chi connectivity index (χ2n) is 8.72. The van der Waals surface area contributed by atoms with Crippen molar-refractivity contribution in [2.24, 2.45) is 0 Å². The number of nitrogens with one attached hydrogen (secondary N) is 1. The molecule has 6 nitrogen and oxygen atoms in total. The maximum absolute atomic E-state index is 12.5. The van der Waals surface area contributed by atoms with Crippen LogP contribution in [0.4, 0.5) is 0 Å². The number of hydrogen-bond donors (Lipinski definition) is 1. The van der Waals surface area contributed by atoms with Crippen LogP contribution in [0.5, 0.6) is 11.5 Å². The summed E-state index contributed by atoms with van der Waals surface area (Å²) < 4.78 is 13.8. The molecule has 0 unspecified atom stereocenters. The van der Waals surface area contributed by atoms with Gasteiger partial charge in [-0.2, -0.15) is 0 Å². The van der Waals surface area contributed by atoms with Crippen molar-refractivity contribution < 1.29 is 14.3 Å². The number of ether oxygens (including phenoxy) is 2. The Morgan fingerprint density at radius 2 is 1.94 bits per heavy atom. The number of carbonyl (C=O) groups is 1. The van der Waals surface area contributed by atoms with Crippen molar-refractivity contribution in [1.82, 2.24) is 14.9 Å². The number of nitrogens with zero attached hydrogens (tertiary/aromatic N) is 2. The Morgan fingerprint density at radius 3 is 2.75 bits per heavy atom. The predicted molar refractivity (Wildman–Crippen MR) is 144 cm³/mol. The van der Waals surface area contributed by atoms with Gasteiger partial charge in [0.15, 0.2) is 11.5 Å². The van der Waals surface area contributed by atoms with Crippen LogP contribution in [0, 0.1) is 6.92 Å². The smallest absolute Gasteiger partial charge is 0.251 e. The number of allylic oxidation sites excluding steroid dienone is 1. The highest BCUT2D eigenvalue weighted by Gasteiger charge is 2.12. The molecule has 0 saturated heterocycles. The van der Waals surface area contributed by atoms with Crippen LogP contribution in [0.2, 0.25) is 0 Å². The molecule has 0 saturated carbocycles. The highest BCUT2D eigenvalue weighted by molar-refractivity contribution is 5.94. The minimum atomic E-state index is -0.0668. The van der Waals surface area contributed by atoms with E-state index in [2.05, 4.69) is 22.5 Å². The molecule has 0 atom stereocenters. The standard InChI is InChI=1S/C30H33N3O3/c1-4-9-23-14-15-27(28(21-23)35-3)36-19-8-18-33-26-13-6-5-12-25(26)32-29(33)16-17-31-30(34)24-11-7-10-22(2)20-24/h4-7,10-15,20-21H,1,8-9,16-19H2,2-3H3,(H,31,34). The number of hydrogen-bond acceptors (Lipinski definition) is 4. The van der Waals surface area contributed by atoms with Crippen LogP contribution >= 0.6 is 0 Å². The molecule has 0 aliphatic carbocycles. The summed E-state index contributed by atoms with van der Waals surface area (Å²) in [5.74, 6) is 2.35. The maximum Gasteiger partial charge on any atom is 0.251 e. The fraction of sp³-hybridized carbons (Fsp3) is 0.267. The number of para-hydroxylation sites is 2. The molecule has 36 heavy (non-hydrogen) atoms. The number of benzene rings is 3. The van der Waals surface area contributed by atoms with Gasteiger partial charge in [0.1, 0.15) is 5.82 Å². The molecule has 0 fully saturated rings. The Morgan fingerprint density at radius 1 is 1.08 bits per heavy atom. The van der Waals surface area contributed by atoms with Gasteiger partial charge < -0.3 is 19.4 Å². The van der Waals surface area contributed by atoms with E-state index in [-0.39, 0.29) is 5.91 Å². The summed E-state index contributed by atoms with van der Waals surface area (Å²) in [5.41, 5.74) is 4.92. The van der Waals surface area contributed by atoms with Crippen LogP contribution in [0.15, 0.2) is 79.4 Å². The van der Waals surface area contributed by atoms with Gasteiger partial charge in [0.25, 0.3) is 5.91 Å². The van der Waals surface area contributed by atoms with Crippen LogP contribution < -0.4 is 14.8 Å². The summed E-state index contributed by atoms with van der Waals surface area (Å²) in [6.07, 6.45) is 4.11. The molecule has 0 bridgehead atoms. The molecular weight excluding hydrogens is 450 g/mol. The van der Waals surface area contributed by atoms with E-state index in [0.29, 0.717) is 25.1 Å². The maximum atomic E-state index is 12.5. The zero-order valence-electron chi connectivity index (χ0n) is 21.0. The zero-order valence-corrected chi connectivity index (χ0v) is 21.0. The SMILES string of the molecule is C=CCc1ccc(OCCCn2c(CCNC(=O)c3cccc(C)c3)nc3ccccc32)c(OC)c1. The molecule has 0 spiro atoms. The second-order valence-corrected chi connectivity index (χ2v) is 8.72. The van der Waals surface area contributed by atoms with Crippen LogP contribution in [-0.2, 0) is 19.4 Å². The van der Waals surface area contributed by atoms with Gasteiger partial charge in [-0.25, -0.2) is 4.98 Å². The van der Waals surface area contributed by atoms with E-state index in [1.165, 1.54) is 0 Å². The number of carbonyl (C=O) groups excluding carboxylic acids is 1. The average molecular weight is 484 g/mol. The third-order valence-corrected chi connectivity index (χ3v) is 6.04. The topological polar surface area (TPSA) is 65.4 Å². The Labute approximate surface area is 212 Å². The molecule has 4 rings (SSSR count). The Hall–Kier alpha value is -4.06. The Balaban J connectivity index is 1.38. The van der Waals surface area contributed by atoms with Gasteiger partial charge >= 0.3 is 0 Å². The van der Waals surface area contributed by atoms with Crippen molar-refractivity contribution in [2.45, 2.75) is 32.7 Å². The van der Waals surface area contributed by atoms with Gasteiger partial charge in [0, 0.05) is 25.1 Å². The first kappa shape index (κ1) is 25.0. The van der Waals surface area contributed by atoms with Gasteiger partial charge in [-0.15, -0.1) is 6.58 Å². The van der Waals surface area contributed by atoms with Gasteiger partial charge in [0.2, 0.25) is 0 Å². The summed E-state index contributed by atoms with van der Waals surface area (Å²) in [6, 6.07) is 21.7. The summed E-state index contributed by atoms with van der Waals surface area (Å²) in [4.78, 5) is 17.4. The molecule has 0 radical (unpaired) electrons. The lowest BCUT2D eigenvalue weighted by Crippen LogP contribution is -2.26. The molecular formula is C30H33N3O3. The van der Waals surface area contributed by atoms with E-state index in [4.69, 9.17) is 14.5 Å². The lowest BCUT2D eigenvalue weighted by Gasteiger charge is -2.13. The van der Waals surface area contributed by atoms with Gasteiger partial charge in [-0.1, -0.05) is 42.0 Å². The van der Waals surface area contributed by atoms with Crippen molar-refractivity contribution in [2.75, 3.05) is 20.3 Å². The molecule has 186 valence electrons. The number of rotatable bonds is 12. The van der Waals surface area contributed by atoms with Crippen molar-refractivity contribution in [1.29, 1.82) is 0 Å². The number of amides is 1. The molecule has 0 aliphatic rings. The Kier molecular flexibility index (Phi) is 8.40. The third kappa shape index (κ3) is 6.13. The molecule has 1 aromatic heterocycles. The first-order chi connectivity index (χ1) is 17.6. The van der Waals surface area contributed by atoms with E-state index in [1.807, 2.05) is 73.7 Å². The number of imidazole rings is 1. The summed E-state index contributed by atoms with van der Waals surface area (Å²) in [5, 5.41) is 3.02. The van der Waals surface area contributed by atoms with E-state index < -0.39 is 0 Å². The predicted octanol–water partition coefficient (Wildman–Crippen LogP) is 5.52. The van der Waals surface area contributed by atoms with Crippen molar-refractivity contribution in [3.05, 3.63) is 102 Å². The number of aromatic nitrogens is 2. The number of aryl methyl sites for hydroxylation is 2. The average Bonchev–Trinajstić information content (AvgIpc) is 3.24. The molecule has 3 aromatic carbocycles. The van der Waals surface area contributed by atoms with Crippen molar-refractivity contribution in [3.63, 3.8) is 0 Å². The minimum absolute atomic E-state index is 0.0668. The second kappa shape index (κ2) is 12.1. The number of fused-ring (bicyclic) bond motifs is 1. The molecule has 1 heterocycles. The van der Waals surface area contributed by atoms with Crippen molar-refractivity contribution >= 4 is 16.9 Å². The molecule has 1 amide bonds. The molecule has 6 heteroatoms. The summed E-state index contributed by atoms with van der Waals surface area (Å²) in [7, 11) is 1.65. The van der Waals surface area contributed by atoms with Crippen LogP contribution in [0.25, 0.3) is 11.0 Å². The van der Waals surface area contributed by atoms with E-state index >= 15 is 0 Å². The fourth-order valence-electron chi connectivity index (χ4n) is 4.27. The van der Waals surface area contributed by atoms with Gasteiger partial charge in [-0.05, 0) is 61.7 Å². The Bertz CT molecular complexity index is 1340. The van der Waals surface area contributed by atoms with Crippen LogP contribution in [0.1, 0.15) is 33.7 Å². The number of methoxy groups -OCH3 is 1. The molecule has 4 aromatic rings. The van der Waals surface area contributed by atoms with E-state index in [9.17, 15) is 4.79 Å². The van der Waals surface area contributed by atoms with Gasteiger partial charge in [0.05, 0.1) is 24.8 Å². The summed E-state index contributed by atoms with van der Waals surface area (Å²) in [6.45, 7) is 7.60. The first-order valence-corrected chi connectivity index (χ1v) is 12.3. The largest absolute Gasteiger partial charge is 0.493 e. The lowest BCUT2D eigenvalue weighted by atomic mass is 10.1. The fourth-order valence-corrected chi connectivity index (χ4v) is 4.27. The monoisotopic (exact) mass is 483 g/mol. The lowest BCUT2D eigenvalue weighted by molar-refractivity contribution is 0.0954. The van der Waals surface area contributed by atoms with E-state index in [0.717, 1.165) is 58.9 Å². The van der Waals surface area contributed by atoms with E-state index in [1.54, 1.807) is 7.11 Å². The molecule has 0 aliphatic heterocycles. The first-order valence-electron chi connectivity index (χ1n) is 12.3. The third-order valence-electron chi connectivity index (χ3n) is 6.04. The minimum Gasteiger partial charge on any atom is -0.493 e. The van der Waals surface area contributed by atoms with Gasteiger partial charge in [-0.3, -0.25) is 4.79 Å². The van der Waals surface area contributed by atoms with Crippen molar-refractivity contribution in [3.8, 4) is 11.5 Å².